The molecule has 0 amide bonds. The van der Waals surface area contributed by atoms with E-state index in [0.29, 0.717) is 13.2 Å². The number of allylic oxidation sites excluding steroid dienone is 1. The summed E-state index contributed by atoms with van der Waals surface area (Å²) < 4.78 is 41.1. The summed E-state index contributed by atoms with van der Waals surface area (Å²) in [5, 5.41) is 0. The molecule has 6 unspecified atom stereocenters. The first-order valence-corrected chi connectivity index (χ1v) is 10.4. The molecule has 28 heavy (non-hydrogen) atoms. The molecule has 0 saturated carbocycles. The fourth-order valence-electron chi connectivity index (χ4n) is 3.37. The summed E-state index contributed by atoms with van der Waals surface area (Å²) in [5.74, 6) is -1.39. The lowest BCUT2D eigenvalue weighted by molar-refractivity contribution is -0.366. The molecule has 3 rings (SSSR count). The highest BCUT2D eigenvalue weighted by Gasteiger charge is 2.59. The quantitative estimate of drug-likeness (QED) is 0.310. The van der Waals surface area contributed by atoms with Crippen LogP contribution in [-0.4, -0.2) is 43.9 Å². The number of ether oxygens (including phenoxy) is 4. The molecule has 2 heterocycles. The standard InChI is InChI=1S/C18H27O7P3/c1-2-3-7-10-19-18(12-8-5-4-6-9-12)22-16-15(25-28)14(24-27)13(11-20-26)21-17(16)23-18/h2,4-6,8-9,13-17H,1,3,7,10-11,26-28H2/t13?,14-,15+,16+,17?,18?/m0/s1. The predicted molar refractivity (Wildman–Crippen MR) is 113 cm³/mol. The summed E-state index contributed by atoms with van der Waals surface area (Å²) in [6.07, 6.45) is 0.930. The Kier molecular flexibility index (Phi) is 8.77. The van der Waals surface area contributed by atoms with E-state index in [-0.39, 0.29) is 0 Å². The van der Waals surface area contributed by atoms with Gasteiger partial charge in [0.15, 0.2) is 6.29 Å². The van der Waals surface area contributed by atoms with Gasteiger partial charge in [-0.3, -0.25) is 4.74 Å². The van der Waals surface area contributed by atoms with Crippen molar-refractivity contribution in [2.24, 2.45) is 0 Å². The van der Waals surface area contributed by atoms with Gasteiger partial charge in [0.2, 0.25) is 0 Å². The van der Waals surface area contributed by atoms with Gasteiger partial charge in [-0.1, -0.05) is 36.4 Å². The van der Waals surface area contributed by atoms with Crippen molar-refractivity contribution in [1.82, 2.24) is 0 Å². The van der Waals surface area contributed by atoms with Gasteiger partial charge in [0, 0.05) is 34.0 Å². The van der Waals surface area contributed by atoms with Gasteiger partial charge in [0.05, 0.1) is 13.2 Å². The number of rotatable bonds is 10. The maximum atomic E-state index is 6.31. The third kappa shape index (κ3) is 4.82. The van der Waals surface area contributed by atoms with E-state index in [9.17, 15) is 0 Å². The molecular weight excluding hydrogens is 421 g/mol. The van der Waals surface area contributed by atoms with Gasteiger partial charge in [-0.05, 0) is 12.8 Å². The zero-order chi connectivity index (χ0) is 20.0. The molecule has 156 valence electrons. The Labute approximate surface area is 172 Å². The van der Waals surface area contributed by atoms with Crippen molar-refractivity contribution in [3.63, 3.8) is 0 Å². The smallest absolute Gasteiger partial charge is 0.314 e. The van der Waals surface area contributed by atoms with E-state index in [1.54, 1.807) is 0 Å². The van der Waals surface area contributed by atoms with E-state index in [0.717, 1.165) is 18.4 Å². The van der Waals surface area contributed by atoms with E-state index in [2.05, 4.69) is 35.0 Å². The maximum Gasteiger partial charge on any atom is 0.314 e. The molecular formula is C18H27O7P3. The topological polar surface area (TPSA) is 64.6 Å². The van der Waals surface area contributed by atoms with E-state index < -0.39 is 36.7 Å². The molecule has 0 spiro atoms. The molecule has 9 atom stereocenters. The minimum atomic E-state index is -1.39. The second-order valence-corrected chi connectivity index (χ2v) is 7.36. The first-order valence-electron chi connectivity index (χ1n) is 9.03. The molecule has 2 aliphatic heterocycles. The van der Waals surface area contributed by atoms with Gasteiger partial charge in [-0.2, -0.15) is 0 Å². The van der Waals surface area contributed by atoms with Crippen LogP contribution in [0.2, 0.25) is 0 Å². The Bertz CT molecular complexity index is 622. The monoisotopic (exact) mass is 448 g/mol. The highest BCUT2D eigenvalue weighted by atomic mass is 31.0. The van der Waals surface area contributed by atoms with Crippen LogP contribution in [0.4, 0.5) is 0 Å². The van der Waals surface area contributed by atoms with Crippen LogP contribution in [0.1, 0.15) is 18.4 Å². The Balaban J connectivity index is 1.86. The summed E-state index contributed by atoms with van der Waals surface area (Å²) in [4.78, 5) is 0. The van der Waals surface area contributed by atoms with Crippen molar-refractivity contribution in [2.75, 3.05) is 13.2 Å². The first-order chi connectivity index (χ1) is 13.7. The van der Waals surface area contributed by atoms with Gasteiger partial charge in [0.25, 0.3) is 0 Å². The van der Waals surface area contributed by atoms with Gasteiger partial charge >= 0.3 is 5.97 Å². The van der Waals surface area contributed by atoms with E-state index in [4.69, 9.17) is 32.5 Å². The summed E-state index contributed by atoms with van der Waals surface area (Å²) in [7, 11) is 6.74. The summed E-state index contributed by atoms with van der Waals surface area (Å²) in [6.45, 7) is 4.47. The van der Waals surface area contributed by atoms with Gasteiger partial charge in [-0.15, -0.1) is 6.58 Å². The molecule has 2 aliphatic rings. The van der Waals surface area contributed by atoms with E-state index in [1.807, 2.05) is 36.4 Å². The average molecular weight is 448 g/mol. The minimum absolute atomic E-state index is 0.291. The lowest BCUT2D eigenvalue weighted by Gasteiger charge is -2.40. The number of hydrogen-bond donors (Lipinski definition) is 0. The number of unbranched alkanes of at least 4 members (excludes halogenated alkanes) is 1. The number of fused-ring (bicyclic) bond motifs is 1. The van der Waals surface area contributed by atoms with Crippen molar-refractivity contribution in [1.29, 1.82) is 0 Å². The second kappa shape index (κ2) is 10.8. The Morgan fingerprint density at radius 1 is 1.07 bits per heavy atom. The van der Waals surface area contributed by atoms with Crippen molar-refractivity contribution in [3.05, 3.63) is 48.6 Å². The first kappa shape index (κ1) is 22.7. The third-order valence-electron chi connectivity index (χ3n) is 4.70. The lowest BCUT2D eigenvalue weighted by atomic mass is 9.99. The van der Waals surface area contributed by atoms with Crippen LogP contribution in [0.25, 0.3) is 0 Å². The Morgan fingerprint density at radius 3 is 2.46 bits per heavy atom. The molecule has 0 aromatic heterocycles. The highest BCUT2D eigenvalue weighted by molar-refractivity contribution is 7.10. The molecule has 0 N–H and O–H groups in total. The fraction of sp³-hybridized carbons (Fsp3) is 0.556. The zero-order valence-electron chi connectivity index (χ0n) is 15.5. The minimum Gasteiger partial charge on any atom is -0.363 e. The van der Waals surface area contributed by atoms with Crippen LogP contribution in [0.3, 0.4) is 0 Å². The fourth-order valence-corrected chi connectivity index (χ4v) is 4.20. The molecule has 2 fully saturated rings. The largest absolute Gasteiger partial charge is 0.363 e. The number of benzene rings is 1. The average Bonchev–Trinajstić information content (AvgIpc) is 3.10. The predicted octanol–water partition coefficient (Wildman–Crippen LogP) is 3.08. The summed E-state index contributed by atoms with van der Waals surface area (Å²) in [6, 6.07) is 9.53. The van der Waals surface area contributed by atoms with Crippen LogP contribution >= 0.6 is 28.4 Å². The van der Waals surface area contributed by atoms with E-state index in [1.165, 1.54) is 0 Å². The van der Waals surface area contributed by atoms with Crippen LogP contribution in [0, 0.1) is 0 Å². The van der Waals surface area contributed by atoms with Crippen LogP contribution in [0.5, 0.6) is 0 Å². The molecule has 0 aliphatic carbocycles. The van der Waals surface area contributed by atoms with Crippen molar-refractivity contribution in [3.8, 4) is 0 Å². The van der Waals surface area contributed by atoms with Gasteiger partial charge in [-0.25, -0.2) is 0 Å². The third-order valence-corrected chi connectivity index (χ3v) is 5.52. The molecule has 0 bridgehead atoms. The molecule has 1 aromatic rings. The van der Waals surface area contributed by atoms with Gasteiger partial charge < -0.3 is 27.8 Å². The molecule has 1 aromatic carbocycles. The van der Waals surface area contributed by atoms with Crippen LogP contribution in [0.15, 0.2) is 43.0 Å². The Morgan fingerprint density at radius 2 is 1.82 bits per heavy atom. The number of hydrogen-bond acceptors (Lipinski definition) is 7. The molecule has 2 saturated heterocycles. The summed E-state index contributed by atoms with van der Waals surface area (Å²) in [5.41, 5.74) is 0.747. The SMILES string of the molecule is C=CCCCOC1(c2ccccc2)OC2OC(COP)[C@H](OP)[C@@H](OP)[C@H]2O1. The van der Waals surface area contributed by atoms with Crippen molar-refractivity contribution >= 4 is 28.4 Å². The molecule has 0 radical (unpaired) electrons. The van der Waals surface area contributed by atoms with Crippen molar-refractivity contribution in [2.45, 2.75) is 49.5 Å². The maximum absolute atomic E-state index is 6.31. The normalized spacial score (nSPS) is 34.9. The molecule has 10 heteroatoms. The summed E-state index contributed by atoms with van der Waals surface area (Å²) >= 11 is 0. The zero-order valence-corrected chi connectivity index (χ0v) is 18.9. The lowest BCUT2D eigenvalue weighted by Crippen LogP contribution is -2.57. The van der Waals surface area contributed by atoms with Crippen molar-refractivity contribution < 1.29 is 32.5 Å². The second-order valence-electron chi connectivity index (χ2n) is 6.48. The molecule has 7 nitrogen and oxygen atoms in total. The van der Waals surface area contributed by atoms with Gasteiger partial charge in [0.1, 0.15) is 24.4 Å². The van der Waals surface area contributed by atoms with Crippen LogP contribution in [-0.2, 0) is 38.5 Å². The Hall–Kier alpha value is -0.0300. The van der Waals surface area contributed by atoms with Crippen LogP contribution < -0.4 is 0 Å². The highest BCUT2D eigenvalue weighted by Crippen LogP contribution is 2.45. The van der Waals surface area contributed by atoms with E-state index >= 15 is 0 Å².